The van der Waals surface area contributed by atoms with E-state index in [1.165, 1.54) is 0 Å². The standard InChI is InChI=1S/C63H108O9Si6/c1-58(2,3)73(19,20)67-52-31-46(32-53(40-52)68-74(21,22)59(4,5)6)43-64-49-37-50(65-44-47-33-54(69-75(23,24)60(7,8)9)41-55(34-47)70-76(25,26)61(10,11)12)39-51(38-49)66-45-48-35-56(71-77(27,28)62(13,14)15)42-57(36-48)72-78(29,30)63(16,17)18/h31-42H,43-45H2,1-30H3. The first kappa shape index (κ1) is 66.9. The van der Waals surface area contributed by atoms with Gasteiger partial charge >= 0.3 is 0 Å². The van der Waals surface area contributed by atoms with Crippen molar-refractivity contribution in [3.63, 3.8) is 0 Å². The van der Waals surface area contributed by atoms with E-state index in [9.17, 15) is 0 Å². The van der Waals surface area contributed by atoms with Crippen LogP contribution in [0.5, 0.6) is 51.7 Å². The van der Waals surface area contributed by atoms with Crippen molar-refractivity contribution in [3.05, 3.63) is 89.5 Å². The molecule has 0 aliphatic carbocycles. The summed E-state index contributed by atoms with van der Waals surface area (Å²) in [7, 11) is -13.2. The highest BCUT2D eigenvalue weighted by Crippen LogP contribution is 2.45. The van der Waals surface area contributed by atoms with Crippen LogP contribution >= 0.6 is 0 Å². The zero-order valence-electron chi connectivity index (χ0n) is 54.7. The Balaban J connectivity index is 1.85. The van der Waals surface area contributed by atoms with Crippen LogP contribution in [0, 0.1) is 0 Å². The lowest BCUT2D eigenvalue weighted by molar-refractivity contribution is 0.274. The van der Waals surface area contributed by atoms with E-state index < -0.39 is 49.9 Å². The molecular formula is C63H108O9Si6. The minimum absolute atomic E-state index is 0.00757. The number of hydrogen-bond donors (Lipinski definition) is 0. The first-order valence-corrected chi connectivity index (χ1v) is 45.9. The predicted octanol–water partition coefficient (Wildman–Crippen LogP) is 20.7. The Labute approximate surface area is 482 Å². The summed E-state index contributed by atoms with van der Waals surface area (Å²) in [6.07, 6.45) is 0. The molecule has 0 N–H and O–H groups in total. The van der Waals surface area contributed by atoms with E-state index in [0.29, 0.717) is 17.2 Å². The molecule has 0 bridgehead atoms. The third-order valence-electron chi connectivity index (χ3n) is 18.0. The third kappa shape index (κ3) is 17.9. The molecule has 4 aromatic carbocycles. The molecule has 0 fully saturated rings. The molecule has 4 aromatic rings. The van der Waals surface area contributed by atoms with E-state index >= 15 is 0 Å². The van der Waals surface area contributed by atoms with Gasteiger partial charge in [0.1, 0.15) is 71.6 Å². The van der Waals surface area contributed by atoms with Gasteiger partial charge in [-0.05, 0) is 162 Å². The smallest absolute Gasteiger partial charge is 0.250 e. The van der Waals surface area contributed by atoms with Crippen molar-refractivity contribution in [2.45, 2.75) is 253 Å². The van der Waals surface area contributed by atoms with Crippen LogP contribution in [0.25, 0.3) is 0 Å². The van der Waals surface area contributed by atoms with E-state index in [0.717, 1.165) is 51.2 Å². The van der Waals surface area contributed by atoms with Gasteiger partial charge in [0.15, 0.2) is 0 Å². The van der Waals surface area contributed by atoms with Gasteiger partial charge in [0, 0.05) is 36.4 Å². The molecule has 0 radical (unpaired) electrons. The van der Waals surface area contributed by atoms with Crippen molar-refractivity contribution in [2.24, 2.45) is 0 Å². The summed E-state index contributed by atoms with van der Waals surface area (Å²) in [6.45, 7) is 68.8. The van der Waals surface area contributed by atoms with Crippen LogP contribution in [0.4, 0.5) is 0 Å². The summed E-state index contributed by atoms with van der Waals surface area (Å²) < 4.78 is 62.0. The number of rotatable bonds is 21. The molecule has 0 saturated heterocycles. The minimum Gasteiger partial charge on any atom is -0.543 e. The molecule has 4 rings (SSSR count). The second-order valence-corrected chi connectivity index (χ2v) is 59.5. The fraction of sp³-hybridized carbons (Fsp3) is 0.619. The van der Waals surface area contributed by atoms with Crippen LogP contribution in [-0.4, -0.2) is 49.9 Å². The summed E-state index contributed by atoms with van der Waals surface area (Å²) >= 11 is 0. The summed E-state index contributed by atoms with van der Waals surface area (Å²) in [6, 6.07) is 24.6. The van der Waals surface area contributed by atoms with Crippen LogP contribution in [0.2, 0.25) is 109 Å². The lowest BCUT2D eigenvalue weighted by Crippen LogP contribution is -2.44. The second kappa shape index (κ2) is 23.3. The Kier molecular flexibility index (Phi) is 20.0. The molecule has 0 unspecified atom stereocenters. The molecule has 0 amide bonds. The van der Waals surface area contributed by atoms with Gasteiger partial charge in [0.2, 0.25) is 49.9 Å². The molecule has 78 heavy (non-hydrogen) atoms. The van der Waals surface area contributed by atoms with Gasteiger partial charge in [-0.1, -0.05) is 125 Å². The Morgan fingerprint density at radius 3 is 0.474 bits per heavy atom. The van der Waals surface area contributed by atoms with E-state index in [-0.39, 0.29) is 50.1 Å². The average Bonchev–Trinajstić information content (AvgIpc) is 3.20. The van der Waals surface area contributed by atoms with E-state index in [4.69, 9.17) is 40.8 Å². The Bertz CT molecular complexity index is 2230. The van der Waals surface area contributed by atoms with Crippen molar-refractivity contribution < 1.29 is 40.8 Å². The predicted molar refractivity (Wildman–Crippen MR) is 346 cm³/mol. The third-order valence-corrected chi connectivity index (χ3v) is 44.1. The van der Waals surface area contributed by atoms with Gasteiger partial charge < -0.3 is 40.8 Å². The molecule has 438 valence electrons. The highest BCUT2D eigenvalue weighted by Gasteiger charge is 2.44. The fourth-order valence-corrected chi connectivity index (χ4v) is 12.6. The molecule has 0 aromatic heterocycles. The van der Waals surface area contributed by atoms with Crippen molar-refractivity contribution >= 4 is 49.9 Å². The molecule has 0 spiro atoms. The summed E-state index contributed by atoms with van der Waals surface area (Å²) in [5.74, 6) is 6.57. The molecule has 0 aliphatic rings. The first-order chi connectivity index (χ1) is 34.8. The van der Waals surface area contributed by atoms with Crippen LogP contribution < -0.4 is 40.8 Å². The molecule has 0 heterocycles. The molecule has 9 nitrogen and oxygen atoms in total. The second-order valence-electron chi connectivity index (χ2n) is 31.1. The van der Waals surface area contributed by atoms with Gasteiger partial charge in [-0.15, -0.1) is 0 Å². The maximum Gasteiger partial charge on any atom is 0.250 e. The van der Waals surface area contributed by atoms with Gasteiger partial charge in [-0.2, -0.15) is 0 Å². The monoisotopic (exact) mass is 1180 g/mol. The number of benzene rings is 4. The summed E-state index contributed by atoms with van der Waals surface area (Å²) in [5.41, 5.74) is 2.82. The van der Waals surface area contributed by atoms with Crippen LogP contribution in [0.15, 0.2) is 72.8 Å². The van der Waals surface area contributed by atoms with Crippen LogP contribution in [0.3, 0.4) is 0 Å². The van der Waals surface area contributed by atoms with Gasteiger partial charge in [0.05, 0.1) is 0 Å². The highest BCUT2D eigenvalue weighted by molar-refractivity contribution is 6.77. The van der Waals surface area contributed by atoms with Crippen LogP contribution in [-0.2, 0) is 19.8 Å². The van der Waals surface area contributed by atoms with Crippen molar-refractivity contribution in [1.82, 2.24) is 0 Å². The fourth-order valence-electron chi connectivity index (χ4n) is 6.48. The molecule has 0 atom stereocenters. The zero-order chi connectivity index (χ0) is 59.9. The number of hydrogen-bond acceptors (Lipinski definition) is 9. The van der Waals surface area contributed by atoms with Crippen molar-refractivity contribution in [1.29, 1.82) is 0 Å². The molecule has 15 heteroatoms. The maximum atomic E-state index is 6.94. The highest BCUT2D eigenvalue weighted by atomic mass is 28.4. The molecule has 0 saturated carbocycles. The Morgan fingerprint density at radius 2 is 0.346 bits per heavy atom. The van der Waals surface area contributed by atoms with Crippen molar-refractivity contribution in [3.8, 4) is 51.7 Å². The lowest BCUT2D eigenvalue weighted by Gasteiger charge is -2.38. The van der Waals surface area contributed by atoms with Gasteiger partial charge in [0.25, 0.3) is 0 Å². The van der Waals surface area contributed by atoms with E-state index in [1.54, 1.807) is 0 Å². The minimum atomic E-state index is -2.20. The van der Waals surface area contributed by atoms with Gasteiger partial charge in [-0.25, -0.2) is 0 Å². The van der Waals surface area contributed by atoms with E-state index in [1.807, 2.05) is 18.2 Å². The normalized spacial score (nSPS) is 13.9. The number of ether oxygens (including phenoxy) is 3. The lowest BCUT2D eigenvalue weighted by atomic mass is 10.2. The van der Waals surface area contributed by atoms with E-state index in [2.05, 4.69) is 258 Å². The zero-order valence-corrected chi connectivity index (χ0v) is 60.7. The van der Waals surface area contributed by atoms with Gasteiger partial charge in [-0.3, -0.25) is 0 Å². The first-order valence-electron chi connectivity index (χ1n) is 28.4. The summed E-state index contributed by atoms with van der Waals surface area (Å²) in [4.78, 5) is 0. The average molecular weight is 1180 g/mol. The quantitative estimate of drug-likeness (QED) is 0.0758. The van der Waals surface area contributed by atoms with Crippen molar-refractivity contribution in [2.75, 3.05) is 0 Å². The topological polar surface area (TPSA) is 83.1 Å². The molecular weight excluding hydrogens is 1070 g/mol. The maximum absolute atomic E-state index is 6.94. The Hall–Kier alpha value is -3.62. The summed E-state index contributed by atoms with van der Waals surface area (Å²) in [5, 5.41) is 0.0454. The Morgan fingerprint density at radius 1 is 0.218 bits per heavy atom. The largest absolute Gasteiger partial charge is 0.543 e. The molecule has 0 aliphatic heterocycles. The van der Waals surface area contributed by atoms with Crippen LogP contribution in [0.1, 0.15) is 141 Å². The SMILES string of the molecule is CC(C)(C)[Si](C)(C)Oc1cc(COc2cc(OCc3cc(O[Si](C)(C)C(C)(C)C)cc(O[Si](C)(C)C(C)(C)C)c3)cc(OCc3cc(O[Si](C)(C)C(C)(C)C)cc(O[Si](C)(C)C(C)(C)C)c3)c2)cc(O[Si](C)(C)C(C)(C)C)c1.